The molecule has 140 valence electrons. The van der Waals surface area contributed by atoms with E-state index in [-0.39, 0.29) is 16.3 Å². The quantitative estimate of drug-likeness (QED) is 0.320. The molecule has 5 nitrogen and oxygen atoms in total. The summed E-state index contributed by atoms with van der Waals surface area (Å²) in [5.74, 6) is -1.95. The first-order valence-electron chi connectivity index (χ1n) is 6.33. The van der Waals surface area contributed by atoms with Crippen LogP contribution in [0, 0.1) is 0 Å². The summed E-state index contributed by atoms with van der Waals surface area (Å²) in [7, 11) is 0. The standard InChI is InChI=1S/C13H10Cl4F3NO4/c1-6(22)25-9-3-2-7(14)4-8(9)10(23)21-11(13(15,16)17)24-5-12(18,19)20/h2-4,11H,5H2,1H3,(H,21,23). The summed E-state index contributed by atoms with van der Waals surface area (Å²) in [6.45, 7) is -0.676. The molecule has 0 saturated carbocycles. The van der Waals surface area contributed by atoms with Gasteiger partial charge in [0.1, 0.15) is 12.4 Å². The summed E-state index contributed by atoms with van der Waals surface area (Å²) in [5, 5.41) is 2.08. The van der Waals surface area contributed by atoms with Crippen molar-refractivity contribution in [3.05, 3.63) is 28.8 Å². The molecule has 1 aromatic rings. The fraction of sp³-hybridized carbons (Fsp3) is 0.385. The molecule has 1 atom stereocenters. The van der Waals surface area contributed by atoms with Crippen molar-refractivity contribution in [3.8, 4) is 5.75 Å². The summed E-state index contributed by atoms with van der Waals surface area (Å²) < 4.78 is 43.7. The molecule has 1 N–H and O–H groups in total. The minimum atomic E-state index is -4.71. The Labute approximate surface area is 160 Å². The molecule has 0 spiro atoms. The van der Waals surface area contributed by atoms with Gasteiger partial charge in [0.2, 0.25) is 3.79 Å². The third kappa shape index (κ3) is 7.87. The predicted molar refractivity (Wildman–Crippen MR) is 86.3 cm³/mol. The van der Waals surface area contributed by atoms with Gasteiger partial charge in [-0.1, -0.05) is 46.4 Å². The van der Waals surface area contributed by atoms with Gasteiger partial charge in [-0.25, -0.2) is 0 Å². The van der Waals surface area contributed by atoms with Gasteiger partial charge < -0.3 is 14.8 Å². The average molecular weight is 443 g/mol. The summed E-state index contributed by atoms with van der Waals surface area (Å²) in [5.41, 5.74) is -0.266. The average Bonchev–Trinajstić information content (AvgIpc) is 2.42. The molecule has 1 amide bonds. The van der Waals surface area contributed by atoms with E-state index in [9.17, 15) is 22.8 Å². The molecule has 12 heteroatoms. The van der Waals surface area contributed by atoms with Crippen LogP contribution in [0.1, 0.15) is 17.3 Å². The first-order valence-corrected chi connectivity index (χ1v) is 7.84. The Kier molecular flexibility index (Phi) is 7.64. The van der Waals surface area contributed by atoms with E-state index in [1.54, 1.807) is 0 Å². The third-order valence-electron chi connectivity index (χ3n) is 2.41. The molecule has 1 unspecified atom stereocenters. The van der Waals surface area contributed by atoms with Crippen LogP contribution in [-0.4, -0.2) is 34.7 Å². The molecule has 0 heterocycles. The number of hydrogen-bond acceptors (Lipinski definition) is 4. The number of ether oxygens (including phenoxy) is 2. The number of rotatable bonds is 5. The van der Waals surface area contributed by atoms with Gasteiger partial charge in [0.05, 0.1) is 5.56 Å². The fourth-order valence-electron chi connectivity index (χ4n) is 1.52. The highest BCUT2D eigenvalue weighted by atomic mass is 35.6. The topological polar surface area (TPSA) is 64.6 Å². The van der Waals surface area contributed by atoms with E-state index in [1.165, 1.54) is 12.1 Å². The highest BCUT2D eigenvalue weighted by Gasteiger charge is 2.39. The van der Waals surface area contributed by atoms with Crippen LogP contribution in [0.4, 0.5) is 13.2 Å². The zero-order valence-electron chi connectivity index (χ0n) is 12.3. The number of amides is 1. The predicted octanol–water partition coefficient (Wildman–Crippen LogP) is 4.27. The molecule has 25 heavy (non-hydrogen) atoms. The maximum absolute atomic E-state index is 12.3. The van der Waals surface area contributed by atoms with Crippen molar-refractivity contribution in [2.75, 3.05) is 6.61 Å². The molecule has 0 fully saturated rings. The molecule has 1 aromatic carbocycles. The summed E-state index contributed by atoms with van der Waals surface area (Å²) in [6.07, 6.45) is -6.64. The van der Waals surface area contributed by atoms with Crippen molar-refractivity contribution in [2.24, 2.45) is 0 Å². The normalized spacial score (nSPS) is 13.3. The SMILES string of the molecule is CC(=O)Oc1ccc(Cl)cc1C(=O)NC(OCC(F)(F)F)C(Cl)(Cl)Cl. The van der Waals surface area contributed by atoms with Crippen LogP contribution in [-0.2, 0) is 9.53 Å². The second-order valence-electron chi connectivity index (χ2n) is 4.56. The highest BCUT2D eigenvalue weighted by molar-refractivity contribution is 6.68. The Morgan fingerprint density at radius 3 is 2.32 bits per heavy atom. The van der Waals surface area contributed by atoms with E-state index in [2.05, 4.69) is 4.74 Å². The maximum Gasteiger partial charge on any atom is 0.411 e. The number of halogens is 7. The lowest BCUT2D eigenvalue weighted by Gasteiger charge is -2.26. The van der Waals surface area contributed by atoms with Crippen molar-refractivity contribution in [2.45, 2.75) is 23.1 Å². The summed E-state index contributed by atoms with van der Waals surface area (Å²) in [4.78, 5) is 23.3. The number of nitrogens with one attached hydrogen (secondary N) is 1. The number of hydrogen-bond donors (Lipinski definition) is 1. The summed E-state index contributed by atoms with van der Waals surface area (Å²) in [6, 6.07) is 3.68. The van der Waals surface area contributed by atoms with E-state index in [0.717, 1.165) is 13.0 Å². The minimum Gasteiger partial charge on any atom is -0.426 e. The zero-order chi connectivity index (χ0) is 19.4. The molecular weight excluding hydrogens is 433 g/mol. The lowest BCUT2D eigenvalue weighted by Crippen LogP contribution is -2.47. The largest absolute Gasteiger partial charge is 0.426 e. The van der Waals surface area contributed by atoms with Crippen LogP contribution in [0.5, 0.6) is 5.75 Å². The van der Waals surface area contributed by atoms with Crippen molar-refractivity contribution in [3.63, 3.8) is 0 Å². The molecule has 0 aliphatic carbocycles. The first-order chi connectivity index (χ1) is 11.3. The minimum absolute atomic E-state index is 0.0997. The van der Waals surface area contributed by atoms with Gasteiger partial charge in [0, 0.05) is 11.9 Å². The van der Waals surface area contributed by atoms with Crippen LogP contribution in [0.15, 0.2) is 18.2 Å². The lowest BCUT2D eigenvalue weighted by molar-refractivity contribution is -0.186. The lowest BCUT2D eigenvalue weighted by atomic mass is 10.2. The molecule has 0 radical (unpaired) electrons. The summed E-state index contributed by atoms with van der Waals surface area (Å²) >= 11 is 22.3. The van der Waals surface area contributed by atoms with E-state index in [0.29, 0.717) is 0 Å². The van der Waals surface area contributed by atoms with Crippen LogP contribution < -0.4 is 10.1 Å². The van der Waals surface area contributed by atoms with E-state index >= 15 is 0 Å². The Morgan fingerprint density at radius 2 is 1.84 bits per heavy atom. The molecule has 0 aliphatic rings. The van der Waals surface area contributed by atoms with Gasteiger partial charge in [0.15, 0.2) is 6.23 Å². The first kappa shape index (κ1) is 22.1. The zero-order valence-corrected chi connectivity index (χ0v) is 15.3. The highest BCUT2D eigenvalue weighted by Crippen LogP contribution is 2.33. The van der Waals surface area contributed by atoms with Crippen molar-refractivity contribution < 1.29 is 32.2 Å². The molecule has 0 bridgehead atoms. The van der Waals surface area contributed by atoms with E-state index in [1.807, 2.05) is 5.32 Å². The van der Waals surface area contributed by atoms with Gasteiger partial charge in [-0.2, -0.15) is 13.2 Å². The van der Waals surface area contributed by atoms with Crippen molar-refractivity contribution >= 4 is 58.3 Å². The molecular formula is C13H10Cl4F3NO4. The second-order valence-corrected chi connectivity index (χ2v) is 7.36. The van der Waals surface area contributed by atoms with Gasteiger partial charge in [-0.3, -0.25) is 9.59 Å². The Balaban J connectivity index is 3.04. The molecule has 0 aliphatic heterocycles. The second kappa shape index (κ2) is 8.64. The molecule has 0 saturated heterocycles. The Hall–Kier alpha value is -0.930. The van der Waals surface area contributed by atoms with E-state index < -0.39 is 34.7 Å². The third-order valence-corrected chi connectivity index (χ3v) is 3.24. The van der Waals surface area contributed by atoms with Crippen molar-refractivity contribution in [1.82, 2.24) is 5.32 Å². The monoisotopic (exact) mass is 441 g/mol. The smallest absolute Gasteiger partial charge is 0.411 e. The molecule has 1 rings (SSSR count). The number of carbonyl (C=O) groups excluding carboxylic acids is 2. The fourth-order valence-corrected chi connectivity index (χ4v) is 2.04. The van der Waals surface area contributed by atoms with Gasteiger partial charge in [0.25, 0.3) is 5.91 Å². The molecule has 0 aromatic heterocycles. The van der Waals surface area contributed by atoms with Crippen LogP contribution in [0.2, 0.25) is 5.02 Å². The number of carbonyl (C=O) groups is 2. The Morgan fingerprint density at radius 1 is 1.24 bits per heavy atom. The van der Waals surface area contributed by atoms with Crippen LogP contribution in [0.3, 0.4) is 0 Å². The number of alkyl halides is 6. The van der Waals surface area contributed by atoms with Gasteiger partial charge >= 0.3 is 12.1 Å². The van der Waals surface area contributed by atoms with Gasteiger partial charge in [-0.05, 0) is 18.2 Å². The van der Waals surface area contributed by atoms with Crippen molar-refractivity contribution in [1.29, 1.82) is 0 Å². The van der Waals surface area contributed by atoms with E-state index in [4.69, 9.17) is 51.1 Å². The maximum atomic E-state index is 12.3. The van der Waals surface area contributed by atoms with Gasteiger partial charge in [-0.15, -0.1) is 0 Å². The number of esters is 1. The Bertz CT molecular complexity index is 649. The van der Waals surface area contributed by atoms with Crippen LogP contribution >= 0.6 is 46.4 Å². The number of benzene rings is 1. The van der Waals surface area contributed by atoms with Crippen LogP contribution in [0.25, 0.3) is 0 Å².